The van der Waals surface area contributed by atoms with Gasteiger partial charge in [-0.15, -0.1) is 0 Å². The first-order valence-electron chi connectivity index (χ1n) is 15.1. The van der Waals surface area contributed by atoms with Gasteiger partial charge < -0.3 is 33.7 Å². The van der Waals surface area contributed by atoms with Crippen LogP contribution in [0.15, 0.2) is 12.3 Å². The molecule has 2 fully saturated rings. The van der Waals surface area contributed by atoms with Gasteiger partial charge in [0.2, 0.25) is 6.79 Å². The predicted octanol–water partition coefficient (Wildman–Crippen LogP) is 4.90. The molecule has 1 amide bonds. The summed E-state index contributed by atoms with van der Waals surface area (Å²) in [6.07, 6.45) is -1.63. The second-order valence-electron chi connectivity index (χ2n) is 11.3. The molecule has 14 heteroatoms. The second kappa shape index (κ2) is 16.8. The Labute approximate surface area is 255 Å². The monoisotopic (exact) mass is 632 g/mol. The molecule has 2 aliphatic rings. The first kappa shape index (κ1) is 35.4. The van der Waals surface area contributed by atoms with Crippen LogP contribution in [0.25, 0.3) is 0 Å². The number of nitrogens with zero attached hydrogens (tertiary/aromatic N) is 1. The van der Waals surface area contributed by atoms with Gasteiger partial charge >= 0.3 is 18.1 Å². The van der Waals surface area contributed by atoms with Gasteiger partial charge in [0.1, 0.15) is 18.2 Å². The van der Waals surface area contributed by atoms with Gasteiger partial charge in [-0.2, -0.15) is 13.2 Å². The summed E-state index contributed by atoms with van der Waals surface area (Å²) in [6, 6.07) is 0.395. The zero-order valence-electron chi connectivity index (χ0n) is 25.7. The number of hydrogen-bond donors (Lipinski definition) is 1. The molecule has 2 heterocycles. The first-order valence-corrected chi connectivity index (χ1v) is 15.1. The molecule has 1 saturated carbocycles. The molecule has 1 aromatic rings. The molecule has 11 nitrogen and oxygen atoms in total. The van der Waals surface area contributed by atoms with Crippen LogP contribution < -0.4 is 14.8 Å². The lowest BCUT2D eigenvalue weighted by Gasteiger charge is -2.33. The van der Waals surface area contributed by atoms with E-state index in [9.17, 15) is 27.6 Å². The number of hydrogen-bond acceptors (Lipinski definition) is 10. The topological polar surface area (TPSA) is 132 Å². The fourth-order valence-electron chi connectivity index (χ4n) is 5.13. The third-order valence-electron chi connectivity index (χ3n) is 7.47. The molecule has 1 aromatic heterocycles. The minimum absolute atomic E-state index is 0.0592. The number of nitrogens with one attached hydrogen (secondary N) is 1. The van der Waals surface area contributed by atoms with Crippen LogP contribution in [0.5, 0.6) is 11.5 Å². The predicted molar refractivity (Wildman–Crippen MR) is 150 cm³/mol. The highest BCUT2D eigenvalue weighted by molar-refractivity contribution is 5.98. The number of esters is 2. The zero-order chi connectivity index (χ0) is 32.3. The average molecular weight is 633 g/mol. The van der Waals surface area contributed by atoms with Crippen LogP contribution in [0.4, 0.5) is 13.2 Å². The minimum atomic E-state index is -4.28. The number of rotatable bonds is 13. The van der Waals surface area contributed by atoms with Gasteiger partial charge in [0.05, 0.1) is 25.2 Å². The number of cyclic esters (lactones) is 1. The lowest BCUT2D eigenvalue weighted by Crippen LogP contribution is -2.46. The van der Waals surface area contributed by atoms with Gasteiger partial charge in [-0.3, -0.25) is 9.59 Å². The second-order valence-corrected chi connectivity index (χ2v) is 11.3. The van der Waals surface area contributed by atoms with E-state index in [4.69, 9.17) is 28.4 Å². The number of methoxy groups -OCH3 is 1. The number of carbonyl (C=O) groups is 3. The van der Waals surface area contributed by atoms with Crippen LogP contribution in [0.1, 0.15) is 89.0 Å². The molecule has 0 unspecified atom stereocenters. The van der Waals surface area contributed by atoms with Gasteiger partial charge in [-0.25, -0.2) is 9.78 Å². The molecule has 1 aliphatic carbocycles. The van der Waals surface area contributed by atoms with Crippen molar-refractivity contribution in [2.24, 2.45) is 5.92 Å². The molecule has 248 valence electrons. The third kappa shape index (κ3) is 10.8. The van der Waals surface area contributed by atoms with Gasteiger partial charge in [-0.05, 0) is 45.4 Å². The summed E-state index contributed by atoms with van der Waals surface area (Å²) in [5.74, 6) is -2.25. The van der Waals surface area contributed by atoms with Gasteiger partial charge in [-0.1, -0.05) is 26.7 Å². The Bertz CT molecular complexity index is 1100. The number of ether oxygens (including phenoxy) is 6. The molecule has 1 N–H and O–H groups in total. The van der Waals surface area contributed by atoms with Crippen molar-refractivity contribution in [2.75, 3.05) is 20.5 Å². The van der Waals surface area contributed by atoms with Crippen LogP contribution in [0.2, 0.25) is 0 Å². The fourth-order valence-corrected chi connectivity index (χ4v) is 5.13. The maximum atomic E-state index is 13.4. The van der Waals surface area contributed by atoms with E-state index in [0.717, 1.165) is 25.7 Å². The molecule has 0 aromatic carbocycles. The first-order chi connectivity index (χ1) is 20.9. The molecule has 4 atom stereocenters. The van der Waals surface area contributed by atoms with Crippen molar-refractivity contribution in [3.05, 3.63) is 18.0 Å². The Balaban J connectivity index is 1.73. The van der Waals surface area contributed by atoms with Crippen molar-refractivity contribution in [1.29, 1.82) is 0 Å². The Morgan fingerprint density at radius 3 is 2.52 bits per heavy atom. The number of pyridine rings is 1. The number of halogens is 3. The van der Waals surface area contributed by atoms with E-state index in [2.05, 4.69) is 10.3 Å². The van der Waals surface area contributed by atoms with E-state index in [1.54, 1.807) is 20.8 Å². The van der Waals surface area contributed by atoms with E-state index in [-0.39, 0.29) is 48.7 Å². The maximum Gasteiger partial charge on any atom is 0.389 e. The molecular weight excluding hydrogens is 589 g/mol. The lowest BCUT2D eigenvalue weighted by atomic mass is 10.0. The highest BCUT2D eigenvalue weighted by atomic mass is 19.4. The maximum absolute atomic E-state index is 13.4. The van der Waals surface area contributed by atoms with Crippen LogP contribution in [0, 0.1) is 5.92 Å². The lowest BCUT2D eigenvalue weighted by molar-refractivity contribution is -0.177. The number of alkyl halides is 3. The Kier molecular flexibility index (Phi) is 13.5. The summed E-state index contributed by atoms with van der Waals surface area (Å²) in [5.41, 5.74) is -0.195. The smallest absolute Gasteiger partial charge is 0.389 e. The molecule has 3 rings (SSSR count). The van der Waals surface area contributed by atoms with Crippen molar-refractivity contribution in [1.82, 2.24) is 10.3 Å². The SMILES string of the molecule is COc1ccnc(C(=O)N[C@H]2CCC[C@H](OCCCC(F)(F)F)[C@@H](OC3CCCC3)[C@H](C)OC2=O)c1OCOC(=O)C(C)C. The highest BCUT2D eigenvalue weighted by Gasteiger charge is 2.38. The number of carbonyl (C=O) groups excluding carboxylic acids is 3. The normalized spacial score (nSPS) is 23.3. The van der Waals surface area contributed by atoms with E-state index < -0.39 is 61.6 Å². The van der Waals surface area contributed by atoms with Crippen LogP contribution in [0.3, 0.4) is 0 Å². The highest BCUT2D eigenvalue weighted by Crippen LogP contribution is 2.31. The van der Waals surface area contributed by atoms with Crippen molar-refractivity contribution < 1.29 is 56.0 Å². The van der Waals surface area contributed by atoms with E-state index in [0.29, 0.717) is 12.8 Å². The number of amides is 1. The van der Waals surface area contributed by atoms with E-state index in [1.165, 1.54) is 19.4 Å². The van der Waals surface area contributed by atoms with E-state index >= 15 is 0 Å². The molecule has 0 spiro atoms. The van der Waals surface area contributed by atoms with Crippen molar-refractivity contribution in [3.8, 4) is 11.5 Å². The summed E-state index contributed by atoms with van der Waals surface area (Å²) in [4.78, 5) is 42.6. The summed E-state index contributed by atoms with van der Waals surface area (Å²) >= 11 is 0. The zero-order valence-corrected chi connectivity index (χ0v) is 25.7. The van der Waals surface area contributed by atoms with Gasteiger partial charge in [0, 0.05) is 25.3 Å². The summed E-state index contributed by atoms with van der Waals surface area (Å²) in [5, 5.41) is 2.66. The molecule has 1 aliphatic heterocycles. The number of aromatic nitrogens is 1. The van der Waals surface area contributed by atoms with Crippen molar-refractivity contribution in [3.63, 3.8) is 0 Å². The van der Waals surface area contributed by atoms with Crippen molar-refractivity contribution in [2.45, 2.75) is 115 Å². The molecule has 1 saturated heterocycles. The summed E-state index contributed by atoms with van der Waals surface area (Å²) in [7, 11) is 1.37. The van der Waals surface area contributed by atoms with E-state index in [1.807, 2.05) is 0 Å². The molecular formula is C30H43F3N2O9. The molecule has 44 heavy (non-hydrogen) atoms. The fraction of sp³-hybridized carbons (Fsp3) is 0.733. The molecule has 0 bridgehead atoms. The van der Waals surface area contributed by atoms with Crippen LogP contribution in [-0.2, 0) is 28.5 Å². The minimum Gasteiger partial charge on any atom is -0.493 e. The Morgan fingerprint density at radius 2 is 1.86 bits per heavy atom. The Morgan fingerprint density at radius 1 is 1.14 bits per heavy atom. The third-order valence-corrected chi connectivity index (χ3v) is 7.47. The quantitative estimate of drug-likeness (QED) is 0.182. The molecule has 0 radical (unpaired) electrons. The summed E-state index contributed by atoms with van der Waals surface area (Å²) < 4.78 is 72.0. The Hall–Kier alpha value is -3.13. The largest absolute Gasteiger partial charge is 0.493 e. The van der Waals surface area contributed by atoms with Gasteiger partial charge in [0.25, 0.3) is 5.91 Å². The average Bonchev–Trinajstić information content (AvgIpc) is 3.49. The standard InChI is InChI=1S/C30H43F3N2O9/c1-18(2)28(37)42-17-41-26-22(39-4)13-15-34-24(26)27(36)35-21-11-7-12-23(40-16-8-14-30(31,32)33)25(19(3)43-29(21)38)44-20-9-5-6-10-20/h13,15,18-21,23,25H,5-12,14,16-17H2,1-4H3,(H,35,36)/t19-,21-,23-,25-/m0/s1. The van der Waals surface area contributed by atoms with Crippen LogP contribution in [-0.4, -0.2) is 80.0 Å². The van der Waals surface area contributed by atoms with Gasteiger partial charge in [0.15, 0.2) is 17.2 Å². The van der Waals surface area contributed by atoms with Crippen LogP contribution >= 0.6 is 0 Å². The summed E-state index contributed by atoms with van der Waals surface area (Å²) in [6.45, 7) is 4.37. The van der Waals surface area contributed by atoms with Crippen molar-refractivity contribution >= 4 is 17.8 Å².